The number of aryl methyl sites for hydroxylation is 1. The van der Waals surface area contributed by atoms with Gasteiger partial charge in [0.25, 0.3) is 5.91 Å². The van der Waals surface area contributed by atoms with Crippen molar-refractivity contribution in [1.82, 2.24) is 9.78 Å². The fourth-order valence-electron chi connectivity index (χ4n) is 3.02. The molecule has 11 heteroatoms. The number of amides is 2. The van der Waals surface area contributed by atoms with E-state index in [-0.39, 0.29) is 30.3 Å². The van der Waals surface area contributed by atoms with Crippen molar-refractivity contribution in [2.24, 2.45) is 0 Å². The maximum Gasteiger partial charge on any atom is 0.434 e. The molecule has 8 nitrogen and oxygen atoms in total. The van der Waals surface area contributed by atoms with Crippen LogP contribution < -0.4 is 10.6 Å². The Hall–Kier alpha value is -3.86. The Labute approximate surface area is 187 Å². The van der Waals surface area contributed by atoms with Gasteiger partial charge in [-0.25, -0.2) is 9.48 Å². The van der Waals surface area contributed by atoms with Gasteiger partial charge in [0, 0.05) is 18.5 Å². The summed E-state index contributed by atoms with van der Waals surface area (Å²) in [6.45, 7) is 1.92. The Morgan fingerprint density at radius 2 is 1.73 bits per heavy atom. The first-order valence-electron chi connectivity index (χ1n) is 9.76. The Morgan fingerprint density at radius 3 is 2.39 bits per heavy atom. The van der Waals surface area contributed by atoms with Crippen molar-refractivity contribution in [3.05, 3.63) is 71.5 Å². The van der Waals surface area contributed by atoms with Crippen LogP contribution in [0.4, 0.5) is 29.3 Å². The fourth-order valence-corrected chi connectivity index (χ4v) is 3.02. The Kier molecular flexibility index (Phi) is 7.34. The average Bonchev–Trinajstić information content (AvgIpc) is 3.20. The highest BCUT2D eigenvalue weighted by atomic mass is 19.4. The number of ether oxygens (including phenoxy) is 2. The third-order valence-electron chi connectivity index (χ3n) is 4.51. The molecule has 0 saturated heterocycles. The lowest BCUT2D eigenvalue weighted by molar-refractivity contribution is -0.143. The second kappa shape index (κ2) is 10.2. The van der Waals surface area contributed by atoms with E-state index in [4.69, 9.17) is 9.47 Å². The minimum atomic E-state index is -4.83. The maximum absolute atomic E-state index is 13.9. The van der Waals surface area contributed by atoms with Crippen molar-refractivity contribution in [3.8, 4) is 5.69 Å². The van der Waals surface area contributed by atoms with E-state index in [1.54, 1.807) is 25.1 Å². The largest absolute Gasteiger partial charge is 0.447 e. The molecule has 33 heavy (non-hydrogen) atoms. The van der Waals surface area contributed by atoms with Crippen LogP contribution in [0.15, 0.2) is 54.7 Å². The number of aromatic nitrogens is 2. The predicted molar refractivity (Wildman–Crippen MR) is 115 cm³/mol. The second-order valence-corrected chi connectivity index (χ2v) is 6.89. The van der Waals surface area contributed by atoms with E-state index in [0.717, 1.165) is 6.20 Å². The molecule has 0 bridgehead atoms. The van der Waals surface area contributed by atoms with E-state index in [1.807, 2.05) is 0 Å². The van der Waals surface area contributed by atoms with Gasteiger partial charge in [-0.1, -0.05) is 24.3 Å². The lowest BCUT2D eigenvalue weighted by Crippen LogP contribution is -2.21. The van der Waals surface area contributed by atoms with Gasteiger partial charge in [-0.2, -0.15) is 18.3 Å². The van der Waals surface area contributed by atoms with Crippen LogP contribution in [0.3, 0.4) is 0 Å². The third kappa shape index (κ3) is 5.89. The number of alkyl halides is 3. The molecule has 0 saturated carbocycles. The monoisotopic (exact) mass is 462 g/mol. The lowest BCUT2D eigenvalue weighted by Gasteiger charge is -2.14. The molecule has 0 spiro atoms. The summed E-state index contributed by atoms with van der Waals surface area (Å²) in [5.41, 5.74) is -0.599. The van der Waals surface area contributed by atoms with Gasteiger partial charge in [0.2, 0.25) is 0 Å². The molecule has 0 aliphatic heterocycles. The fraction of sp³-hybridized carbons (Fsp3) is 0.227. The maximum atomic E-state index is 13.9. The van der Waals surface area contributed by atoms with Crippen molar-refractivity contribution in [2.75, 3.05) is 31.0 Å². The molecule has 0 atom stereocenters. The molecule has 0 fully saturated rings. The number of carbonyl (C=O) groups is 2. The first-order chi connectivity index (χ1) is 15.7. The topological polar surface area (TPSA) is 94.5 Å². The molecule has 0 unspecified atom stereocenters. The zero-order chi connectivity index (χ0) is 24.0. The number of hydrogen-bond donors (Lipinski definition) is 2. The highest BCUT2D eigenvalue weighted by molar-refractivity contribution is 6.05. The van der Waals surface area contributed by atoms with Crippen LogP contribution in [0.1, 0.15) is 21.6 Å². The number of anilines is 2. The molecule has 3 aromatic rings. The Morgan fingerprint density at radius 1 is 1.03 bits per heavy atom. The van der Waals surface area contributed by atoms with Gasteiger partial charge in [-0.15, -0.1) is 0 Å². The second-order valence-electron chi connectivity index (χ2n) is 6.89. The van der Waals surface area contributed by atoms with Gasteiger partial charge in [0.15, 0.2) is 5.69 Å². The number of hydrogen-bond acceptors (Lipinski definition) is 5. The van der Waals surface area contributed by atoms with E-state index in [9.17, 15) is 22.8 Å². The van der Waals surface area contributed by atoms with E-state index in [1.165, 1.54) is 37.4 Å². The summed E-state index contributed by atoms with van der Waals surface area (Å²) in [5.74, 6) is -0.998. The normalized spacial score (nSPS) is 11.2. The van der Waals surface area contributed by atoms with Gasteiger partial charge < -0.3 is 14.8 Å². The molecule has 0 aliphatic carbocycles. The number of benzene rings is 2. The molecular weight excluding hydrogens is 441 g/mol. The quantitative estimate of drug-likeness (QED) is 0.499. The first kappa shape index (κ1) is 23.8. The van der Waals surface area contributed by atoms with Gasteiger partial charge >= 0.3 is 12.3 Å². The highest BCUT2D eigenvalue weighted by Crippen LogP contribution is 2.34. The van der Waals surface area contributed by atoms with Crippen LogP contribution in [0.25, 0.3) is 5.69 Å². The van der Waals surface area contributed by atoms with Crippen LogP contribution in [-0.2, 0) is 15.7 Å². The summed E-state index contributed by atoms with van der Waals surface area (Å²) < 4.78 is 52.0. The number of rotatable bonds is 7. The van der Waals surface area contributed by atoms with E-state index in [0.29, 0.717) is 10.2 Å². The molecule has 0 radical (unpaired) electrons. The summed E-state index contributed by atoms with van der Waals surface area (Å²) in [5, 5.41) is 8.69. The standard InChI is InChI=1S/C22H21F3N4O4/c1-14-6-3-4-9-18(14)29-19(22(23,24)25)17(13-26-29)20(30)27-15-7-5-8-16(12-15)28-21(31)33-11-10-32-2/h3-9,12-13H,10-11H2,1-2H3,(H,27,30)(H,28,31). The number of halogens is 3. The van der Waals surface area contributed by atoms with Crippen molar-refractivity contribution >= 4 is 23.4 Å². The SMILES string of the molecule is COCCOC(=O)Nc1cccc(NC(=O)c2cnn(-c3ccccc3C)c2C(F)(F)F)c1. The highest BCUT2D eigenvalue weighted by Gasteiger charge is 2.40. The molecule has 3 rings (SSSR count). The van der Waals surface area contributed by atoms with Gasteiger partial charge in [-0.3, -0.25) is 10.1 Å². The number of para-hydroxylation sites is 1. The molecule has 1 aromatic heterocycles. The molecule has 2 N–H and O–H groups in total. The van der Waals surface area contributed by atoms with Crippen molar-refractivity contribution < 1.29 is 32.2 Å². The van der Waals surface area contributed by atoms with E-state index in [2.05, 4.69) is 15.7 Å². The molecule has 174 valence electrons. The van der Waals surface area contributed by atoms with E-state index >= 15 is 0 Å². The van der Waals surface area contributed by atoms with Gasteiger partial charge in [-0.05, 0) is 36.8 Å². The minimum Gasteiger partial charge on any atom is -0.447 e. The summed E-state index contributed by atoms with van der Waals surface area (Å²) in [7, 11) is 1.46. The van der Waals surface area contributed by atoms with Crippen LogP contribution in [0.5, 0.6) is 0 Å². The van der Waals surface area contributed by atoms with Crippen LogP contribution in [-0.4, -0.2) is 42.1 Å². The summed E-state index contributed by atoms with van der Waals surface area (Å²) in [6.07, 6.45) is -4.70. The van der Waals surface area contributed by atoms with Crippen LogP contribution in [0, 0.1) is 6.92 Å². The summed E-state index contributed by atoms with van der Waals surface area (Å²) in [4.78, 5) is 24.5. The minimum absolute atomic E-state index is 0.0455. The van der Waals surface area contributed by atoms with Crippen molar-refractivity contribution in [1.29, 1.82) is 0 Å². The van der Waals surface area contributed by atoms with Gasteiger partial charge in [0.05, 0.1) is 24.1 Å². The summed E-state index contributed by atoms with van der Waals surface area (Å²) >= 11 is 0. The Bertz CT molecular complexity index is 1140. The lowest BCUT2D eigenvalue weighted by atomic mass is 10.1. The van der Waals surface area contributed by atoms with Crippen LogP contribution >= 0.6 is 0 Å². The summed E-state index contributed by atoms with van der Waals surface area (Å²) in [6, 6.07) is 12.3. The number of methoxy groups -OCH3 is 1. The van der Waals surface area contributed by atoms with Crippen LogP contribution in [0.2, 0.25) is 0 Å². The number of carbonyl (C=O) groups excluding carboxylic acids is 2. The van der Waals surface area contributed by atoms with Crippen molar-refractivity contribution in [2.45, 2.75) is 13.1 Å². The first-order valence-corrected chi connectivity index (χ1v) is 9.76. The number of nitrogens with zero attached hydrogens (tertiary/aromatic N) is 2. The van der Waals surface area contributed by atoms with Crippen molar-refractivity contribution in [3.63, 3.8) is 0 Å². The molecule has 2 amide bonds. The zero-order valence-electron chi connectivity index (χ0n) is 17.8. The zero-order valence-corrected chi connectivity index (χ0v) is 17.8. The van der Waals surface area contributed by atoms with E-state index < -0.39 is 29.4 Å². The number of nitrogens with one attached hydrogen (secondary N) is 2. The third-order valence-corrected chi connectivity index (χ3v) is 4.51. The molecule has 0 aliphatic rings. The predicted octanol–water partition coefficient (Wildman–Crippen LogP) is 4.65. The molecule has 2 aromatic carbocycles. The van der Waals surface area contributed by atoms with Gasteiger partial charge in [0.1, 0.15) is 6.61 Å². The average molecular weight is 462 g/mol. The molecular formula is C22H21F3N4O4. The smallest absolute Gasteiger partial charge is 0.434 e. The Balaban J connectivity index is 1.83. The molecule has 1 heterocycles.